The van der Waals surface area contributed by atoms with Crippen LogP contribution in [0.1, 0.15) is 23.4 Å². The Labute approximate surface area is 130 Å². The highest BCUT2D eigenvalue weighted by molar-refractivity contribution is 7.15. The Morgan fingerprint density at radius 2 is 1.90 bits per heavy atom. The van der Waals surface area contributed by atoms with Crippen molar-refractivity contribution >= 4 is 16.5 Å². The van der Waals surface area contributed by atoms with Gasteiger partial charge in [-0.25, -0.2) is 0 Å². The molecule has 0 bridgehead atoms. The minimum atomic E-state index is 0.662. The van der Waals surface area contributed by atoms with Crippen molar-refractivity contribution in [2.75, 3.05) is 25.0 Å². The lowest BCUT2D eigenvalue weighted by molar-refractivity contribution is 0.200. The SMILES string of the molecule is Cc1nnc(N2CCC(N(C)Cc3ccccc3)CC2)s1. The molecule has 2 aromatic rings. The molecule has 1 aliphatic rings. The van der Waals surface area contributed by atoms with Crippen LogP contribution in [0.2, 0.25) is 0 Å². The van der Waals surface area contributed by atoms with Crippen LogP contribution in [-0.2, 0) is 6.54 Å². The second-order valence-corrected chi connectivity index (χ2v) is 6.88. The first-order chi connectivity index (χ1) is 10.2. The van der Waals surface area contributed by atoms with Gasteiger partial charge in [0, 0.05) is 25.7 Å². The maximum atomic E-state index is 4.26. The number of rotatable bonds is 4. The summed E-state index contributed by atoms with van der Waals surface area (Å²) < 4.78 is 0. The fraction of sp³-hybridized carbons (Fsp3) is 0.500. The third-order valence-electron chi connectivity index (χ3n) is 4.15. The van der Waals surface area contributed by atoms with Crippen molar-refractivity contribution in [3.8, 4) is 0 Å². The lowest BCUT2D eigenvalue weighted by Gasteiger charge is -2.36. The highest BCUT2D eigenvalue weighted by Crippen LogP contribution is 2.25. The zero-order valence-corrected chi connectivity index (χ0v) is 13.5. The van der Waals surface area contributed by atoms with Crippen molar-refractivity contribution in [2.24, 2.45) is 0 Å². The van der Waals surface area contributed by atoms with E-state index in [1.165, 1.54) is 18.4 Å². The van der Waals surface area contributed by atoms with E-state index in [-0.39, 0.29) is 0 Å². The van der Waals surface area contributed by atoms with Gasteiger partial charge in [-0.05, 0) is 32.4 Å². The summed E-state index contributed by atoms with van der Waals surface area (Å²) >= 11 is 1.70. The molecule has 0 saturated carbocycles. The zero-order valence-electron chi connectivity index (χ0n) is 12.7. The molecule has 0 spiro atoms. The molecule has 0 radical (unpaired) electrons. The van der Waals surface area contributed by atoms with Crippen LogP contribution in [0.15, 0.2) is 30.3 Å². The van der Waals surface area contributed by atoms with E-state index in [0.29, 0.717) is 6.04 Å². The molecule has 4 nitrogen and oxygen atoms in total. The Balaban J connectivity index is 1.53. The van der Waals surface area contributed by atoms with Crippen LogP contribution in [0.5, 0.6) is 0 Å². The number of hydrogen-bond acceptors (Lipinski definition) is 5. The monoisotopic (exact) mass is 302 g/mol. The van der Waals surface area contributed by atoms with Crippen LogP contribution in [0, 0.1) is 6.92 Å². The van der Waals surface area contributed by atoms with E-state index in [0.717, 1.165) is 29.8 Å². The summed E-state index contributed by atoms with van der Waals surface area (Å²) in [6.07, 6.45) is 2.39. The highest BCUT2D eigenvalue weighted by Gasteiger charge is 2.24. The van der Waals surface area contributed by atoms with Gasteiger partial charge in [-0.15, -0.1) is 10.2 Å². The minimum absolute atomic E-state index is 0.662. The Kier molecular flexibility index (Phi) is 4.51. The summed E-state index contributed by atoms with van der Waals surface area (Å²) in [5.74, 6) is 0. The number of anilines is 1. The largest absolute Gasteiger partial charge is 0.347 e. The minimum Gasteiger partial charge on any atom is -0.347 e. The Morgan fingerprint density at radius 1 is 1.19 bits per heavy atom. The quantitative estimate of drug-likeness (QED) is 0.869. The molecule has 2 heterocycles. The summed E-state index contributed by atoms with van der Waals surface area (Å²) in [6, 6.07) is 11.4. The molecule has 5 heteroatoms. The van der Waals surface area contributed by atoms with E-state index in [1.807, 2.05) is 6.92 Å². The van der Waals surface area contributed by atoms with Crippen LogP contribution >= 0.6 is 11.3 Å². The number of hydrogen-bond donors (Lipinski definition) is 0. The molecule has 0 aliphatic carbocycles. The molecule has 1 saturated heterocycles. The van der Waals surface area contributed by atoms with Gasteiger partial charge in [-0.1, -0.05) is 41.7 Å². The molecule has 0 atom stereocenters. The number of aromatic nitrogens is 2. The van der Waals surface area contributed by atoms with E-state index in [1.54, 1.807) is 11.3 Å². The second-order valence-electron chi connectivity index (χ2n) is 5.72. The average Bonchev–Trinajstić information content (AvgIpc) is 2.95. The maximum absolute atomic E-state index is 4.26. The molecular weight excluding hydrogens is 280 g/mol. The third kappa shape index (κ3) is 3.60. The summed E-state index contributed by atoms with van der Waals surface area (Å²) in [4.78, 5) is 4.86. The standard InChI is InChI=1S/C16H22N4S/c1-13-17-18-16(21-13)20-10-8-15(9-11-20)19(2)12-14-6-4-3-5-7-14/h3-7,15H,8-12H2,1-2H3. The van der Waals surface area contributed by atoms with Crippen molar-refractivity contribution in [2.45, 2.75) is 32.4 Å². The van der Waals surface area contributed by atoms with Gasteiger partial charge < -0.3 is 4.90 Å². The first-order valence-corrected chi connectivity index (χ1v) is 8.33. The van der Waals surface area contributed by atoms with E-state index in [2.05, 4.69) is 57.4 Å². The second kappa shape index (κ2) is 6.54. The summed E-state index contributed by atoms with van der Waals surface area (Å²) in [6.45, 7) is 5.21. The average molecular weight is 302 g/mol. The molecule has 3 rings (SSSR count). The number of nitrogens with zero attached hydrogens (tertiary/aromatic N) is 4. The van der Waals surface area contributed by atoms with Crippen LogP contribution < -0.4 is 4.90 Å². The normalized spacial score (nSPS) is 16.6. The van der Waals surface area contributed by atoms with Crippen molar-refractivity contribution in [3.63, 3.8) is 0 Å². The van der Waals surface area contributed by atoms with Gasteiger partial charge in [0.05, 0.1) is 0 Å². The van der Waals surface area contributed by atoms with Gasteiger partial charge in [-0.3, -0.25) is 4.90 Å². The van der Waals surface area contributed by atoms with Crippen molar-refractivity contribution in [1.82, 2.24) is 15.1 Å². The molecule has 1 aromatic heterocycles. The van der Waals surface area contributed by atoms with Crippen molar-refractivity contribution < 1.29 is 0 Å². The number of piperidine rings is 1. The van der Waals surface area contributed by atoms with Gasteiger partial charge in [0.1, 0.15) is 5.01 Å². The molecule has 1 fully saturated rings. The maximum Gasteiger partial charge on any atom is 0.208 e. The molecule has 112 valence electrons. The van der Waals surface area contributed by atoms with E-state index < -0.39 is 0 Å². The Morgan fingerprint density at radius 3 is 2.52 bits per heavy atom. The van der Waals surface area contributed by atoms with Gasteiger partial charge >= 0.3 is 0 Å². The van der Waals surface area contributed by atoms with Crippen LogP contribution in [0.25, 0.3) is 0 Å². The predicted molar refractivity (Wildman–Crippen MR) is 87.8 cm³/mol. The van der Waals surface area contributed by atoms with Gasteiger partial charge in [0.25, 0.3) is 0 Å². The smallest absolute Gasteiger partial charge is 0.208 e. The topological polar surface area (TPSA) is 32.3 Å². The van der Waals surface area contributed by atoms with Crippen LogP contribution in [0.3, 0.4) is 0 Å². The molecule has 0 unspecified atom stereocenters. The third-order valence-corrected chi connectivity index (χ3v) is 5.05. The molecule has 21 heavy (non-hydrogen) atoms. The van der Waals surface area contributed by atoms with E-state index >= 15 is 0 Å². The van der Waals surface area contributed by atoms with Crippen molar-refractivity contribution in [1.29, 1.82) is 0 Å². The van der Waals surface area contributed by atoms with Gasteiger partial charge in [0.2, 0.25) is 5.13 Å². The van der Waals surface area contributed by atoms with Gasteiger partial charge in [0.15, 0.2) is 0 Å². The van der Waals surface area contributed by atoms with Crippen LogP contribution in [-0.4, -0.2) is 41.3 Å². The van der Waals surface area contributed by atoms with Crippen LogP contribution in [0.4, 0.5) is 5.13 Å². The zero-order chi connectivity index (χ0) is 14.7. The molecule has 0 amide bonds. The fourth-order valence-corrected chi connectivity index (χ4v) is 3.65. The highest BCUT2D eigenvalue weighted by atomic mass is 32.1. The van der Waals surface area contributed by atoms with Gasteiger partial charge in [-0.2, -0.15) is 0 Å². The Hall–Kier alpha value is -1.46. The fourth-order valence-electron chi connectivity index (χ4n) is 2.91. The summed E-state index contributed by atoms with van der Waals surface area (Å²) in [7, 11) is 2.24. The predicted octanol–water partition coefficient (Wildman–Crippen LogP) is 2.95. The lowest BCUT2D eigenvalue weighted by Crippen LogP contribution is -2.43. The lowest BCUT2D eigenvalue weighted by atomic mass is 10.0. The number of benzene rings is 1. The molecule has 1 aromatic carbocycles. The van der Waals surface area contributed by atoms with E-state index in [9.17, 15) is 0 Å². The Bertz CT molecular complexity index is 561. The first-order valence-electron chi connectivity index (χ1n) is 7.51. The number of aryl methyl sites for hydroxylation is 1. The molecular formula is C16H22N4S. The molecule has 0 N–H and O–H groups in total. The first kappa shape index (κ1) is 14.5. The summed E-state index contributed by atoms with van der Waals surface area (Å²) in [5, 5.41) is 10.5. The summed E-state index contributed by atoms with van der Waals surface area (Å²) in [5.41, 5.74) is 1.39. The van der Waals surface area contributed by atoms with Crippen molar-refractivity contribution in [3.05, 3.63) is 40.9 Å². The molecule has 1 aliphatic heterocycles. The van der Waals surface area contributed by atoms with E-state index in [4.69, 9.17) is 0 Å².